The minimum absolute atomic E-state index is 0.118. The molecule has 27 heavy (non-hydrogen) atoms. The van der Waals surface area contributed by atoms with Crippen molar-refractivity contribution in [1.29, 1.82) is 0 Å². The van der Waals surface area contributed by atoms with Crippen LogP contribution in [0.4, 0.5) is 0 Å². The second-order valence-corrected chi connectivity index (χ2v) is 7.03. The summed E-state index contributed by atoms with van der Waals surface area (Å²) >= 11 is 0. The number of rotatable bonds is 3. The van der Waals surface area contributed by atoms with Crippen LogP contribution in [0.2, 0.25) is 0 Å². The first-order valence-corrected chi connectivity index (χ1v) is 9.20. The number of amides is 1. The minimum atomic E-state index is -0.214. The topological polar surface area (TPSA) is 53.8 Å². The number of piperazine rings is 1. The van der Waals surface area contributed by atoms with Gasteiger partial charge in [-0.15, -0.1) is 0 Å². The first-order chi connectivity index (χ1) is 13.1. The zero-order chi connectivity index (χ0) is 18.8. The van der Waals surface area contributed by atoms with Crippen LogP contribution in [0.15, 0.2) is 63.8 Å². The zero-order valence-electron chi connectivity index (χ0n) is 15.4. The molecule has 0 spiro atoms. The van der Waals surface area contributed by atoms with Crippen molar-refractivity contribution < 1.29 is 9.21 Å². The standard InChI is InChI=1S/C22H22N2O3/c1-16-7-8-20-18(13-16)19(25)14-21(27-20)22(26)24-11-9-23(10-12-24)15-17-5-3-2-4-6-17/h2-8,13-14H,9-12,15H2,1H3. The molecule has 1 aliphatic rings. The SMILES string of the molecule is Cc1ccc2oc(C(=O)N3CCN(Cc4ccccc4)CC3)cc(=O)c2c1. The summed E-state index contributed by atoms with van der Waals surface area (Å²) in [6.07, 6.45) is 0. The van der Waals surface area contributed by atoms with Gasteiger partial charge >= 0.3 is 0 Å². The fraction of sp³-hybridized carbons (Fsp3) is 0.273. The third-order valence-corrected chi connectivity index (χ3v) is 5.00. The molecule has 138 valence electrons. The Morgan fingerprint density at radius 2 is 1.74 bits per heavy atom. The van der Waals surface area contributed by atoms with Gasteiger partial charge in [0.2, 0.25) is 0 Å². The van der Waals surface area contributed by atoms with Crippen LogP contribution in [0, 0.1) is 6.92 Å². The fourth-order valence-electron chi connectivity index (χ4n) is 3.48. The second-order valence-electron chi connectivity index (χ2n) is 7.03. The van der Waals surface area contributed by atoms with E-state index < -0.39 is 0 Å². The van der Waals surface area contributed by atoms with Crippen molar-refractivity contribution in [3.8, 4) is 0 Å². The van der Waals surface area contributed by atoms with Crippen LogP contribution in [0.25, 0.3) is 11.0 Å². The minimum Gasteiger partial charge on any atom is -0.451 e. The maximum atomic E-state index is 12.8. The Labute approximate surface area is 157 Å². The number of hydrogen-bond acceptors (Lipinski definition) is 4. The van der Waals surface area contributed by atoms with Crippen LogP contribution in [0.1, 0.15) is 21.7 Å². The predicted octanol–water partition coefficient (Wildman–Crippen LogP) is 3.06. The fourth-order valence-corrected chi connectivity index (χ4v) is 3.48. The van der Waals surface area contributed by atoms with Crippen LogP contribution >= 0.6 is 0 Å². The molecule has 0 atom stereocenters. The Kier molecular flexibility index (Phi) is 4.77. The zero-order valence-corrected chi connectivity index (χ0v) is 15.4. The highest BCUT2D eigenvalue weighted by atomic mass is 16.3. The van der Waals surface area contributed by atoms with Crippen molar-refractivity contribution in [2.75, 3.05) is 26.2 Å². The third kappa shape index (κ3) is 3.78. The van der Waals surface area contributed by atoms with Crippen LogP contribution in [0.5, 0.6) is 0 Å². The number of benzene rings is 2. The summed E-state index contributed by atoms with van der Waals surface area (Å²) < 4.78 is 5.73. The van der Waals surface area contributed by atoms with Gasteiger partial charge in [0, 0.05) is 38.8 Å². The molecule has 1 amide bonds. The molecule has 5 heteroatoms. The van der Waals surface area contributed by atoms with Crippen LogP contribution in [0.3, 0.4) is 0 Å². The van der Waals surface area contributed by atoms with E-state index in [9.17, 15) is 9.59 Å². The van der Waals surface area contributed by atoms with Gasteiger partial charge in [-0.05, 0) is 24.6 Å². The molecule has 0 bridgehead atoms. The van der Waals surface area contributed by atoms with Crippen molar-refractivity contribution in [2.24, 2.45) is 0 Å². The third-order valence-electron chi connectivity index (χ3n) is 5.00. The number of nitrogens with zero attached hydrogens (tertiary/aromatic N) is 2. The van der Waals surface area contributed by atoms with E-state index in [0.717, 1.165) is 25.2 Å². The average Bonchev–Trinajstić information content (AvgIpc) is 2.69. The molecule has 0 N–H and O–H groups in total. The van der Waals surface area contributed by atoms with E-state index >= 15 is 0 Å². The number of aryl methyl sites for hydroxylation is 1. The van der Waals surface area contributed by atoms with Crippen molar-refractivity contribution >= 4 is 16.9 Å². The molecule has 0 unspecified atom stereocenters. The van der Waals surface area contributed by atoms with Gasteiger partial charge in [0.1, 0.15) is 5.58 Å². The van der Waals surface area contributed by atoms with Gasteiger partial charge in [0.25, 0.3) is 5.91 Å². The van der Waals surface area contributed by atoms with E-state index in [0.29, 0.717) is 24.1 Å². The number of fused-ring (bicyclic) bond motifs is 1. The maximum Gasteiger partial charge on any atom is 0.289 e. The van der Waals surface area contributed by atoms with E-state index in [1.54, 1.807) is 17.0 Å². The molecule has 0 saturated carbocycles. The van der Waals surface area contributed by atoms with Crippen molar-refractivity contribution in [3.05, 3.63) is 81.7 Å². The molecule has 0 aliphatic carbocycles. The van der Waals surface area contributed by atoms with Gasteiger partial charge < -0.3 is 9.32 Å². The monoisotopic (exact) mass is 362 g/mol. The second kappa shape index (κ2) is 7.37. The Bertz CT molecular complexity index is 1020. The Morgan fingerprint density at radius 1 is 1.00 bits per heavy atom. The predicted molar refractivity (Wildman–Crippen MR) is 105 cm³/mol. The molecular formula is C22H22N2O3. The number of hydrogen-bond donors (Lipinski definition) is 0. The molecule has 3 aromatic rings. The average molecular weight is 362 g/mol. The highest BCUT2D eigenvalue weighted by Gasteiger charge is 2.24. The van der Waals surface area contributed by atoms with Crippen molar-refractivity contribution in [3.63, 3.8) is 0 Å². The molecule has 1 aromatic heterocycles. The van der Waals surface area contributed by atoms with Crippen LogP contribution in [-0.2, 0) is 6.54 Å². The number of carbonyl (C=O) groups excluding carboxylic acids is 1. The summed E-state index contributed by atoms with van der Waals surface area (Å²) in [7, 11) is 0. The molecule has 1 aliphatic heterocycles. The molecule has 0 radical (unpaired) electrons. The Hall–Kier alpha value is -2.92. The molecule has 2 heterocycles. The largest absolute Gasteiger partial charge is 0.451 e. The molecular weight excluding hydrogens is 340 g/mol. The quantitative estimate of drug-likeness (QED) is 0.719. The Balaban J connectivity index is 1.46. The van der Waals surface area contributed by atoms with Gasteiger partial charge in [-0.3, -0.25) is 14.5 Å². The lowest BCUT2D eigenvalue weighted by molar-refractivity contribution is 0.0598. The first kappa shape index (κ1) is 17.5. The van der Waals surface area contributed by atoms with Gasteiger partial charge in [-0.25, -0.2) is 0 Å². The van der Waals surface area contributed by atoms with E-state index in [1.807, 2.05) is 31.2 Å². The first-order valence-electron chi connectivity index (χ1n) is 9.20. The normalized spacial score (nSPS) is 15.2. The van der Waals surface area contributed by atoms with Gasteiger partial charge in [-0.2, -0.15) is 0 Å². The highest BCUT2D eigenvalue weighted by molar-refractivity contribution is 5.93. The summed E-state index contributed by atoms with van der Waals surface area (Å²) in [5.74, 6) is -0.0956. The summed E-state index contributed by atoms with van der Waals surface area (Å²) in [5.41, 5.74) is 2.54. The van der Waals surface area contributed by atoms with E-state index in [2.05, 4.69) is 17.0 Å². The molecule has 1 saturated heterocycles. The lowest BCUT2D eigenvalue weighted by Crippen LogP contribution is -2.48. The summed E-state index contributed by atoms with van der Waals surface area (Å²) in [4.78, 5) is 29.3. The lowest BCUT2D eigenvalue weighted by atomic mass is 10.1. The van der Waals surface area contributed by atoms with Gasteiger partial charge in [-0.1, -0.05) is 42.0 Å². The molecule has 1 fully saturated rings. The summed E-state index contributed by atoms with van der Waals surface area (Å²) in [6, 6.07) is 17.1. The molecule has 4 rings (SSSR count). The van der Waals surface area contributed by atoms with E-state index in [-0.39, 0.29) is 17.1 Å². The summed E-state index contributed by atoms with van der Waals surface area (Å²) in [5, 5.41) is 0.513. The Morgan fingerprint density at radius 3 is 2.48 bits per heavy atom. The van der Waals surface area contributed by atoms with Crippen molar-refractivity contribution in [2.45, 2.75) is 13.5 Å². The number of carbonyl (C=O) groups is 1. The molecule has 5 nitrogen and oxygen atoms in total. The highest BCUT2D eigenvalue weighted by Crippen LogP contribution is 2.16. The van der Waals surface area contributed by atoms with Gasteiger partial charge in [0.05, 0.1) is 5.39 Å². The van der Waals surface area contributed by atoms with E-state index in [4.69, 9.17) is 4.42 Å². The molecule has 2 aromatic carbocycles. The van der Waals surface area contributed by atoms with Gasteiger partial charge in [0.15, 0.2) is 11.2 Å². The summed E-state index contributed by atoms with van der Waals surface area (Å²) in [6.45, 7) is 5.66. The smallest absolute Gasteiger partial charge is 0.289 e. The maximum absolute atomic E-state index is 12.8. The van der Waals surface area contributed by atoms with Crippen LogP contribution < -0.4 is 5.43 Å². The lowest BCUT2D eigenvalue weighted by Gasteiger charge is -2.34. The van der Waals surface area contributed by atoms with E-state index in [1.165, 1.54) is 11.6 Å². The van der Waals surface area contributed by atoms with Crippen molar-refractivity contribution in [1.82, 2.24) is 9.80 Å². The van der Waals surface area contributed by atoms with Crippen LogP contribution in [-0.4, -0.2) is 41.9 Å².